The Bertz CT molecular complexity index is 1480. The molecule has 3 aromatic carbocycles. The molecule has 3 heterocycles. The first-order valence-corrected chi connectivity index (χ1v) is 11.3. The number of hydrogen-bond donors (Lipinski definition) is 0. The Morgan fingerprint density at radius 1 is 0.722 bits per heavy atom. The van der Waals surface area contributed by atoms with Gasteiger partial charge in [-0.05, 0) is 48.4 Å². The van der Waals surface area contributed by atoms with Crippen LogP contribution in [0.25, 0.3) is 22.5 Å². The van der Waals surface area contributed by atoms with Crippen LogP contribution in [-0.2, 0) is 21.1 Å². The first-order valence-electron chi connectivity index (χ1n) is 11.3. The zero-order valence-electron chi connectivity index (χ0n) is 19.4. The Labute approximate surface area is 225 Å². The maximum absolute atomic E-state index is 6.28. The van der Waals surface area contributed by atoms with Crippen molar-refractivity contribution < 1.29 is 25.8 Å². The van der Waals surface area contributed by atoms with Crippen LogP contribution in [0.5, 0.6) is 11.5 Å². The van der Waals surface area contributed by atoms with Gasteiger partial charge in [-0.3, -0.25) is 4.98 Å². The number of ether oxygens (including phenoxy) is 1. The molecule has 5 aromatic rings. The SMILES string of the molecule is CN1[CH-]N(c2[c-]c(Oc3[c-]c(-c4ccccn4)ncc3)cc(-c3ccccc3)c2)c2ccccc21.[Pt]. The van der Waals surface area contributed by atoms with Crippen molar-refractivity contribution in [3.05, 3.63) is 122 Å². The summed E-state index contributed by atoms with van der Waals surface area (Å²) in [6, 6.07) is 36.9. The minimum Gasteiger partial charge on any atom is -0.509 e. The van der Waals surface area contributed by atoms with E-state index < -0.39 is 0 Å². The average molecular weight is 649 g/mol. The molecule has 0 fully saturated rings. The molecule has 1 aliphatic heterocycles. The summed E-state index contributed by atoms with van der Waals surface area (Å²) in [4.78, 5) is 13.0. The first-order chi connectivity index (χ1) is 17.2. The largest absolute Gasteiger partial charge is 0.509 e. The van der Waals surface area contributed by atoms with Gasteiger partial charge in [0.05, 0.1) is 0 Å². The monoisotopic (exact) mass is 648 g/mol. The van der Waals surface area contributed by atoms with Crippen LogP contribution in [0.15, 0.2) is 103 Å². The predicted octanol–water partition coefficient (Wildman–Crippen LogP) is 6.91. The van der Waals surface area contributed by atoms with Gasteiger partial charge >= 0.3 is 0 Å². The Morgan fingerprint density at radius 2 is 1.50 bits per heavy atom. The van der Waals surface area contributed by atoms with Crippen molar-refractivity contribution in [3.63, 3.8) is 0 Å². The topological polar surface area (TPSA) is 41.5 Å². The number of fused-ring (bicyclic) bond motifs is 1. The maximum atomic E-state index is 6.28. The molecule has 6 rings (SSSR count). The number of para-hydroxylation sites is 2. The van der Waals surface area contributed by atoms with Crippen LogP contribution in [-0.4, -0.2) is 17.0 Å². The second-order valence-corrected chi connectivity index (χ2v) is 8.17. The fraction of sp³-hybridized carbons (Fsp3) is 0.0333. The van der Waals surface area contributed by atoms with Crippen molar-refractivity contribution in [1.82, 2.24) is 9.97 Å². The van der Waals surface area contributed by atoms with Gasteiger partial charge in [-0.1, -0.05) is 60.7 Å². The smallest absolute Gasteiger partial charge is 0.0326 e. The fourth-order valence-corrected chi connectivity index (χ4v) is 4.15. The van der Waals surface area contributed by atoms with Crippen LogP contribution < -0.4 is 14.5 Å². The van der Waals surface area contributed by atoms with E-state index in [1.807, 2.05) is 61.6 Å². The Kier molecular flexibility index (Phi) is 6.83. The van der Waals surface area contributed by atoms with E-state index in [9.17, 15) is 0 Å². The van der Waals surface area contributed by atoms with Crippen LogP contribution in [0.4, 0.5) is 17.1 Å². The van der Waals surface area contributed by atoms with Gasteiger partial charge < -0.3 is 19.5 Å². The molecule has 0 saturated carbocycles. The minimum atomic E-state index is 0. The summed E-state index contributed by atoms with van der Waals surface area (Å²) >= 11 is 0. The van der Waals surface area contributed by atoms with Gasteiger partial charge in [0.1, 0.15) is 0 Å². The molecular formula is C30H21N4OPt-3. The Morgan fingerprint density at radius 3 is 2.31 bits per heavy atom. The molecule has 6 heteroatoms. The van der Waals surface area contributed by atoms with E-state index in [0.29, 0.717) is 17.2 Å². The molecule has 5 nitrogen and oxygen atoms in total. The van der Waals surface area contributed by atoms with E-state index in [1.54, 1.807) is 18.5 Å². The molecule has 0 unspecified atom stereocenters. The molecule has 0 spiro atoms. The summed E-state index contributed by atoms with van der Waals surface area (Å²) in [5.74, 6) is 1.15. The van der Waals surface area contributed by atoms with Crippen LogP contribution in [0.1, 0.15) is 0 Å². The van der Waals surface area contributed by atoms with E-state index in [4.69, 9.17) is 4.74 Å². The third-order valence-corrected chi connectivity index (χ3v) is 5.81. The van der Waals surface area contributed by atoms with Gasteiger partial charge in [-0.15, -0.1) is 35.5 Å². The zero-order valence-corrected chi connectivity index (χ0v) is 21.7. The summed E-state index contributed by atoms with van der Waals surface area (Å²) in [5.41, 5.74) is 6.62. The van der Waals surface area contributed by atoms with Crippen molar-refractivity contribution in [2.45, 2.75) is 0 Å². The number of aromatic nitrogens is 2. The van der Waals surface area contributed by atoms with Crippen LogP contribution in [0.2, 0.25) is 0 Å². The molecule has 0 N–H and O–H groups in total. The number of anilines is 3. The maximum Gasteiger partial charge on any atom is 0.0326 e. The molecule has 0 aliphatic carbocycles. The van der Waals surface area contributed by atoms with E-state index in [2.05, 4.69) is 68.9 Å². The summed E-state index contributed by atoms with van der Waals surface area (Å²) in [7, 11) is 2.04. The molecule has 36 heavy (non-hydrogen) atoms. The molecule has 1 aliphatic rings. The van der Waals surface area contributed by atoms with E-state index in [1.165, 1.54) is 0 Å². The molecule has 0 saturated heterocycles. The van der Waals surface area contributed by atoms with Gasteiger partial charge in [-0.25, -0.2) is 0 Å². The molecule has 0 bridgehead atoms. The number of pyridine rings is 2. The van der Waals surface area contributed by atoms with E-state index in [0.717, 1.165) is 33.9 Å². The molecule has 0 atom stereocenters. The third kappa shape index (κ3) is 4.75. The van der Waals surface area contributed by atoms with Gasteiger partial charge in [-0.2, -0.15) is 6.67 Å². The normalized spacial score (nSPS) is 12.1. The average Bonchev–Trinajstić information content (AvgIpc) is 3.26. The Balaban J connectivity index is 0.00000267. The van der Waals surface area contributed by atoms with Gasteiger partial charge in [0.25, 0.3) is 0 Å². The minimum absolute atomic E-state index is 0. The van der Waals surface area contributed by atoms with Crippen molar-refractivity contribution in [2.24, 2.45) is 0 Å². The first kappa shape index (κ1) is 23.8. The molecule has 180 valence electrons. The standard InChI is InChI=1S/C30H21N4O.Pt/c1-33-21-34(30-13-6-5-12-29(30)33)24-17-23(22-9-3-2-4-10-22)18-26(19-24)35-25-14-16-32-28(20-25)27-11-7-8-15-31-27;/h2-18,21H,1H3;/q-3;. The predicted molar refractivity (Wildman–Crippen MR) is 138 cm³/mol. The van der Waals surface area contributed by atoms with Crippen LogP contribution in [0.3, 0.4) is 0 Å². The number of nitrogens with zero attached hydrogens (tertiary/aromatic N) is 4. The van der Waals surface area contributed by atoms with Crippen molar-refractivity contribution in [3.8, 4) is 34.0 Å². The van der Waals surface area contributed by atoms with Crippen molar-refractivity contribution in [2.75, 3.05) is 16.8 Å². The number of rotatable bonds is 5. The summed E-state index contributed by atoms with van der Waals surface area (Å²) in [6.07, 6.45) is 3.44. The summed E-state index contributed by atoms with van der Waals surface area (Å²) < 4.78 is 6.28. The van der Waals surface area contributed by atoms with E-state index >= 15 is 0 Å². The third-order valence-electron chi connectivity index (χ3n) is 5.81. The quantitative estimate of drug-likeness (QED) is 0.194. The zero-order chi connectivity index (χ0) is 23.6. The molecule has 2 aromatic heterocycles. The van der Waals surface area contributed by atoms with Gasteiger partial charge in [0, 0.05) is 50.1 Å². The summed E-state index contributed by atoms with van der Waals surface area (Å²) in [5, 5.41) is 0. The summed E-state index contributed by atoms with van der Waals surface area (Å²) in [6.45, 7) is 2.06. The van der Waals surface area contributed by atoms with Gasteiger partial charge in [0.2, 0.25) is 0 Å². The fourth-order valence-electron chi connectivity index (χ4n) is 4.15. The number of benzene rings is 3. The van der Waals surface area contributed by atoms with Gasteiger partial charge in [0.15, 0.2) is 0 Å². The van der Waals surface area contributed by atoms with Crippen LogP contribution in [0, 0.1) is 18.8 Å². The Hall–Kier alpha value is -3.95. The van der Waals surface area contributed by atoms with Crippen molar-refractivity contribution in [1.29, 1.82) is 0 Å². The van der Waals surface area contributed by atoms with E-state index in [-0.39, 0.29) is 21.1 Å². The second-order valence-electron chi connectivity index (χ2n) is 8.17. The second kappa shape index (κ2) is 10.3. The molecular weight excluding hydrogens is 627 g/mol. The van der Waals surface area contributed by atoms with Crippen molar-refractivity contribution >= 4 is 17.1 Å². The number of hydrogen-bond acceptors (Lipinski definition) is 5. The molecule has 0 amide bonds. The molecule has 0 radical (unpaired) electrons. The van der Waals surface area contributed by atoms with Crippen LogP contribution >= 0.6 is 0 Å².